The first-order valence-electron chi connectivity index (χ1n) is 6.91. The van der Waals surface area contributed by atoms with Crippen LogP contribution in [0.2, 0.25) is 0 Å². The van der Waals surface area contributed by atoms with E-state index < -0.39 is 11.2 Å². The molecule has 2 rings (SSSR count). The van der Waals surface area contributed by atoms with Gasteiger partial charge in [-0.3, -0.25) is 9.59 Å². The smallest absolute Gasteiger partial charge is 0.305 e. The highest BCUT2D eigenvalue weighted by molar-refractivity contribution is 8.15. The van der Waals surface area contributed by atoms with E-state index in [-0.39, 0.29) is 12.3 Å². The number of carbonyl (C=O) groups excluding carboxylic acids is 1. The van der Waals surface area contributed by atoms with E-state index in [1.165, 1.54) is 6.42 Å². The number of carboxylic acids is 1. The van der Waals surface area contributed by atoms with E-state index in [1.807, 2.05) is 0 Å². The minimum atomic E-state index is -0.983. The normalized spacial score (nSPS) is 28.6. The van der Waals surface area contributed by atoms with Crippen molar-refractivity contribution in [2.45, 2.75) is 50.7 Å². The topological polar surface area (TPSA) is 91.1 Å². The molecule has 2 aliphatic rings. The molecule has 1 heterocycles. The van der Waals surface area contributed by atoms with Crippen LogP contribution in [0.3, 0.4) is 0 Å². The average Bonchev–Trinajstić information content (AvgIpc) is 2.77. The standard InChI is InChI=1S/C13H19N3O3S/c1-2-8-3-5-9(6-4-8)15-16-13-14-12(19)10(20-13)7-11(17)18/h8,10H,2-7H2,1H3,(H,17,18)(H,14,16,19)/t8?,10-/m0/s1. The van der Waals surface area contributed by atoms with Gasteiger partial charge in [-0.25, -0.2) is 0 Å². The molecule has 0 unspecified atom stereocenters. The van der Waals surface area contributed by atoms with Gasteiger partial charge in [0.15, 0.2) is 5.17 Å². The summed E-state index contributed by atoms with van der Waals surface area (Å²) in [6, 6.07) is 0. The number of hydrogen-bond acceptors (Lipinski definition) is 5. The number of amidine groups is 1. The van der Waals surface area contributed by atoms with E-state index >= 15 is 0 Å². The first-order chi connectivity index (χ1) is 9.58. The van der Waals surface area contributed by atoms with Gasteiger partial charge in [0, 0.05) is 5.71 Å². The number of rotatable bonds is 4. The van der Waals surface area contributed by atoms with Gasteiger partial charge < -0.3 is 10.4 Å². The Bertz CT molecular complexity index is 452. The van der Waals surface area contributed by atoms with Crippen molar-refractivity contribution in [3.05, 3.63) is 0 Å². The average molecular weight is 297 g/mol. The van der Waals surface area contributed by atoms with Gasteiger partial charge in [-0.1, -0.05) is 25.1 Å². The highest BCUT2D eigenvalue weighted by atomic mass is 32.2. The third kappa shape index (κ3) is 4.06. The monoisotopic (exact) mass is 297 g/mol. The molecule has 110 valence electrons. The molecule has 0 bridgehead atoms. The summed E-state index contributed by atoms with van der Waals surface area (Å²) in [5, 5.41) is 19.3. The molecule has 1 aliphatic heterocycles. The van der Waals surface area contributed by atoms with Crippen molar-refractivity contribution in [3.63, 3.8) is 0 Å². The molecule has 0 spiro atoms. The third-order valence-electron chi connectivity index (χ3n) is 3.68. The van der Waals surface area contributed by atoms with Gasteiger partial charge in [-0.2, -0.15) is 5.10 Å². The Kier molecular flexibility index (Phi) is 5.17. The van der Waals surface area contributed by atoms with Gasteiger partial charge in [0.2, 0.25) is 5.91 Å². The molecule has 1 saturated carbocycles. The van der Waals surface area contributed by atoms with Crippen molar-refractivity contribution in [1.29, 1.82) is 0 Å². The van der Waals surface area contributed by atoms with Gasteiger partial charge in [0.25, 0.3) is 0 Å². The Hall–Kier alpha value is -1.37. The molecule has 6 nitrogen and oxygen atoms in total. The van der Waals surface area contributed by atoms with E-state index in [9.17, 15) is 9.59 Å². The van der Waals surface area contributed by atoms with Gasteiger partial charge in [0.1, 0.15) is 5.25 Å². The van der Waals surface area contributed by atoms with Crippen LogP contribution in [0.15, 0.2) is 10.2 Å². The van der Waals surface area contributed by atoms with Gasteiger partial charge in [-0.15, -0.1) is 5.10 Å². The van der Waals surface area contributed by atoms with Gasteiger partial charge >= 0.3 is 5.97 Å². The summed E-state index contributed by atoms with van der Waals surface area (Å²) in [6.45, 7) is 2.21. The minimum Gasteiger partial charge on any atom is -0.481 e. The lowest BCUT2D eigenvalue weighted by Gasteiger charge is -2.20. The number of carboxylic acid groups (broad SMARTS) is 1. The van der Waals surface area contributed by atoms with Crippen LogP contribution in [0.1, 0.15) is 45.4 Å². The Morgan fingerprint density at radius 1 is 1.40 bits per heavy atom. The molecule has 1 saturated heterocycles. The molecule has 1 amide bonds. The SMILES string of the molecule is CCC1CCC(=N/N=C2/NC(=O)[C@H](CC(=O)O)S2)CC1. The molecule has 1 atom stereocenters. The summed E-state index contributed by atoms with van der Waals surface area (Å²) in [7, 11) is 0. The lowest BCUT2D eigenvalue weighted by molar-refractivity contribution is -0.138. The first-order valence-corrected chi connectivity index (χ1v) is 7.79. The molecule has 0 aromatic rings. The van der Waals surface area contributed by atoms with Crippen LogP contribution >= 0.6 is 11.8 Å². The highest BCUT2D eigenvalue weighted by Crippen LogP contribution is 2.26. The van der Waals surface area contributed by atoms with Crippen molar-refractivity contribution < 1.29 is 14.7 Å². The summed E-state index contributed by atoms with van der Waals surface area (Å²) in [5.74, 6) is -0.490. The molecule has 1 aliphatic carbocycles. The Balaban J connectivity index is 1.89. The maximum Gasteiger partial charge on any atom is 0.305 e. The Morgan fingerprint density at radius 2 is 2.10 bits per heavy atom. The molecule has 0 radical (unpaired) electrons. The zero-order valence-corrected chi connectivity index (χ0v) is 12.3. The number of aliphatic carboxylic acids is 1. The van der Waals surface area contributed by atoms with Crippen LogP contribution in [0.5, 0.6) is 0 Å². The molecule has 2 N–H and O–H groups in total. The van der Waals surface area contributed by atoms with Crippen molar-refractivity contribution in [2.24, 2.45) is 16.1 Å². The third-order valence-corrected chi connectivity index (χ3v) is 4.75. The Labute approximate surface area is 122 Å². The molecule has 2 fully saturated rings. The predicted octanol–water partition coefficient (Wildman–Crippen LogP) is 2.00. The molecule has 0 aromatic carbocycles. The maximum atomic E-state index is 11.5. The van der Waals surface area contributed by atoms with E-state index in [2.05, 4.69) is 22.4 Å². The number of carbonyl (C=O) groups is 2. The lowest BCUT2D eigenvalue weighted by atomic mass is 9.86. The second kappa shape index (κ2) is 6.88. The molecule has 20 heavy (non-hydrogen) atoms. The lowest BCUT2D eigenvalue weighted by Crippen LogP contribution is -2.26. The first kappa shape index (κ1) is 15.0. The fourth-order valence-corrected chi connectivity index (χ4v) is 3.29. The van der Waals surface area contributed by atoms with E-state index in [0.29, 0.717) is 5.17 Å². The van der Waals surface area contributed by atoms with Crippen molar-refractivity contribution in [1.82, 2.24) is 5.32 Å². The summed E-state index contributed by atoms with van der Waals surface area (Å²) in [6.07, 6.45) is 5.26. The van der Waals surface area contributed by atoms with Crippen LogP contribution in [0, 0.1) is 5.92 Å². The fraction of sp³-hybridized carbons (Fsp3) is 0.692. The zero-order valence-electron chi connectivity index (χ0n) is 11.5. The largest absolute Gasteiger partial charge is 0.481 e. The van der Waals surface area contributed by atoms with Crippen molar-refractivity contribution >= 4 is 34.5 Å². The highest BCUT2D eigenvalue weighted by Gasteiger charge is 2.32. The molecule has 7 heteroatoms. The van der Waals surface area contributed by atoms with E-state index in [4.69, 9.17) is 5.11 Å². The summed E-state index contributed by atoms with van der Waals surface area (Å²) in [4.78, 5) is 22.1. The fourth-order valence-electron chi connectivity index (χ4n) is 2.38. The number of nitrogens with one attached hydrogen (secondary N) is 1. The van der Waals surface area contributed by atoms with Crippen LogP contribution in [0.4, 0.5) is 0 Å². The quantitative estimate of drug-likeness (QED) is 0.776. The van der Waals surface area contributed by atoms with Crippen molar-refractivity contribution in [3.8, 4) is 0 Å². The van der Waals surface area contributed by atoms with E-state index in [0.717, 1.165) is 49.1 Å². The number of amides is 1. The summed E-state index contributed by atoms with van der Waals surface area (Å²) < 4.78 is 0. The zero-order chi connectivity index (χ0) is 14.5. The second-order valence-corrected chi connectivity index (χ2v) is 6.31. The van der Waals surface area contributed by atoms with Crippen LogP contribution < -0.4 is 5.32 Å². The Morgan fingerprint density at radius 3 is 2.70 bits per heavy atom. The van der Waals surface area contributed by atoms with Crippen molar-refractivity contribution in [2.75, 3.05) is 0 Å². The van der Waals surface area contributed by atoms with Crippen LogP contribution in [0.25, 0.3) is 0 Å². The van der Waals surface area contributed by atoms with E-state index in [1.54, 1.807) is 0 Å². The number of hydrogen-bond donors (Lipinski definition) is 2. The van der Waals surface area contributed by atoms with Crippen LogP contribution in [-0.2, 0) is 9.59 Å². The minimum absolute atomic E-state index is 0.190. The second-order valence-electron chi connectivity index (χ2n) is 5.12. The summed E-state index contributed by atoms with van der Waals surface area (Å²) in [5.41, 5.74) is 1.07. The maximum absolute atomic E-state index is 11.5. The molecular weight excluding hydrogens is 278 g/mol. The number of nitrogens with zero attached hydrogens (tertiary/aromatic N) is 2. The van der Waals surface area contributed by atoms with Gasteiger partial charge in [-0.05, 0) is 31.6 Å². The molecule has 0 aromatic heterocycles. The van der Waals surface area contributed by atoms with Crippen LogP contribution in [-0.4, -0.2) is 33.1 Å². The predicted molar refractivity (Wildman–Crippen MR) is 78.9 cm³/mol. The van der Waals surface area contributed by atoms with Gasteiger partial charge in [0.05, 0.1) is 6.42 Å². The number of thioether (sulfide) groups is 1. The summed E-state index contributed by atoms with van der Waals surface area (Å²) >= 11 is 1.14. The molecular formula is C13H19N3O3S.